The van der Waals surface area contributed by atoms with Crippen LogP contribution in [0.2, 0.25) is 0 Å². The summed E-state index contributed by atoms with van der Waals surface area (Å²) in [7, 11) is 2.00. The van der Waals surface area contributed by atoms with E-state index in [4.69, 9.17) is 11.1 Å². The number of hydrogen-bond donors (Lipinski definition) is 4. The first-order valence-corrected chi connectivity index (χ1v) is 19.3. The Balaban J connectivity index is 0.000000351. The molecule has 0 aromatic heterocycles. The van der Waals surface area contributed by atoms with Crippen molar-refractivity contribution in [2.45, 2.75) is 60.8 Å². The van der Waals surface area contributed by atoms with Gasteiger partial charge in [-0.15, -0.1) is 13.2 Å². The first kappa shape index (κ1) is 47.9. The monoisotopic (exact) mass is 786 g/mol. The molecule has 12 heteroatoms. The second kappa shape index (κ2) is 21.9. The average molecular weight is 787 g/mol. The van der Waals surface area contributed by atoms with E-state index in [1.165, 1.54) is 19.9 Å². The Kier molecular flexibility index (Phi) is 18.4. The van der Waals surface area contributed by atoms with Gasteiger partial charge >= 0.3 is 0 Å². The molecule has 11 nitrogen and oxygen atoms in total. The predicted molar refractivity (Wildman–Crippen MR) is 226 cm³/mol. The Bertz CT molecular complexity index is 1790. The molecule has 3 atom stereocenters. The normalized spacial score (nSPS) is 18.3. The summed E-state index contributed by atoms with van der Waals surface area (Å²) in [5, 5.41) is 14.2. The molecule has 5 rings (SSSR count). The van der Waals surface area contributed by atoms with Crippen molar-refractivity contribution in [1.29, 1.82) is 5.41 Å². The maximum atomic E-state index is 14.3. The van der Waals surface area contributed by atoms with E-state index in [9.17, 15) is 28.4 Å². The molecule has 3 amide bonds. The van der Waals surface area contributed by atoms with E-state index in [-0.39, 0.29) is 41.4 Å². The number of halogens is 1. The fourth-order valence-electron chi connectivity index (χ4n) is 6.59. The minimum atomic E-state index is -0.797. The molecule has 2 aromatic carbocycles. The van der Waals surface area contributed by atoms with Crippen LogP contribution < -0.4 is 16.4 Å². The summed E-state index contributed by atoms with van der Waals surface area (Å²) >= 11 is 0. The zero-order chi connectivity index (χ0) is 43.1. The van der Waals surface area contributed by atoms with Gasteiger partial charge in [0.15, 0.2) is 0 Å². The van der Waals surface area contributed by atoms with Crippen LogP contribution in [-0.4, -0.2) is 91.6 Å². The van der Waals surface area contributed by atoms with Gasteiger partial charge in [-0.3, -0.25) is 14.4 Å². The van der Waals surface area contributed by atoms with Gasteiger partial charge in [0, 0.05) is 79.6 Å². The fourth-order valence-corrected chi connectivity index (χ4v) is 6.59. The minimum absolute atomic E-state index is 0.0615. The van der Waals surface area contributed by atoms with Crippen molar-refractivity contribution in [3.63, 3.8) is 0 Å². The fraction of sp³-hybridized carbons (Fsp3) is 0.467. The van der Waals surface area contributed by atoms with Crippen molar-refractivity contribution >= 4 is 41.2 Å². The second-order valence-electron chi connectivity index (χ2n) is 15.9. The number of nitrogens with two attached hydrogens (primary N) is 1. The molecule has 2 aliphatic carbocycles. The summed E-state index contributed by atoms with van der Waals surface area (Å²) in [5.74, 6) is 0.301. The van der Waals surface area contributed by atoms with Crippen LogP contribution in [0.25, 0.3) is 5.70 Å². The lowest BCUT2D eigenvalue weighted by molar-refractivity contribution is -0.140. The van der Waals surface area contributed by atoms with Gasteiger partial charge in [0.05, 0.1) is 11.0 Å². The predicted octanol–water partition coefficient (Wildman–Crippen LogP) is 5.83. The molecule has 2 unspecified atom stereocenters. The summed E-state index contributed by atoms with van der Waals surface area (Å²) < 4.78 is 14.3. The highest BCUT2D eigenvalue weighted by Crippen LogP contribution is 2.43. The van der Waals surface area contributed by atoms with Crippen LogP contribution >= 0.6 is 0 Å². The molecule has 2 aromatic rings. The maximum absolute atomic E-state index is 14.3. The lowest BCUT2D eigenvalue weighted by Crippen LogP contribution is -2.49. The number of fused-ring (bicyclic) bond motifs is 2. The third-order valence-corrected chi connectivity index (χ3v) is 10.8. The van der Waals surface area contributed by atoms with Crippen molar-refractivity contribution in [3.05, 3.63) is 102 Å². The number of carbonyl (C=O) groups excluding carboxylic acids is 5. The maximum Gasteiger partial charge on any atom is 0.256 e. The van der Waals surface area contributed by atoms with Gasteiger partial charge in [-0.2, -0.15) is 0 Å². The van der Waals surface area contributed by atoms with Crippen LogP contribution in [0.3, 0.4) is 0 Å². The summed E-state index contributed by atoms with van der Waals surface area (Å²) in [5.41, 5.74) is 7.19. The number of benzene rings is 2. The molecular weight excluding hydrogens is 724 g/mol. The Morgan fingerprint density at radius 2 is 1.49 bits per heavy atom. The smallest absolute Gasteiger partial charge is 0.256 e. The molecule has 1 aliphatic heterocycles. The van der Waals surface area contributed by atoms with Crippen LogP contribution in [0, 0.1) is 39.8 Å². The summed E-state index contributed by atoms with van der Waals surface area (Å²) in [6.07, 6.45) is 7.50. The summed E-state index contributed by atoms with van der Waals surface area (Å²) in [6, 6.07) is 11.8. The highest BCUT2D eigenvalue weighted by molar-refractivity contribution is 6.03. The van der Waals surface area contributed by atoms with Crippen molar-refractivity contribution in [3.8, 4) is 0 Å². The molecule has 0 radical (unpaired) electrons. The Labute approximate surface area is 338 Å². The molecule has 5 N–H and O–H groups in total. The zero-order valence-corrected chi connectivity index (χ0v) is 34.9. The number of nitrogens with zero attached hydrogens (tertiary/aromatic N) is 2. The van der Waals surface area contributed by atoms with E-state index in [2.05, 4.69) is 47.4 Å². The Morgan fingerprint density at radius 1 is 0.912 bits per heavy atom. The highest BCUT2D eigenvalue weighted by Gasteiger charge is 2.43. The Morgan fingerprint density at radius 3 is 2.02 bits per heavy atom. The van der Waals surface area contributed by atoms with Gasteiger partial charge in [-0.25, -0.2) is 4.39 Å². The first-order valence-electron chi connectivity index (χ1n) is 19.3. The van der Waals surface area contributed by atoms with Crippen LogP contribution in [0.15, 0.2) is 74.4 Å². The van der Waals surface area contributed by atoms with Gasteiger partial charge in [0.1, 0.15) is 17.9 Å². The zero-order valence-electron chi connectivity index (χ0n) is 34.9. The number of likely N-dealkylation sites (N-methyl/N-ethyl adjacent to an activating group) is 1. The SMILES string of the molecule is C=C.C=C(N)c1ccccc1C(=N)Cc1ccc(F)c(C(=O)N2CCN(C)CC2)c1.CC(C)(C=O)C(C)(C)C(=O)NCCNC(=O)C1C[C@H]2C=CC1C2.CC(C)=O. The number of carbonyl (C=O) groups is 5. The largest absolute Gasteiger partial charge is 0.399 e. The lowest BCUT2D eigenvalue weighted by Gasteiger charge is -2.35. The molecule has 57 heavy (non-hydrogen) atoms. The topological polar surface area (TPSA) is 166 Å². The summed E-state index contributed by atoms with van der Waals surface area (Å²) in [6.45, 7) is 23.4. The minimum Gasteiger partial charge on any atom is -0.399 e. The molecule has 1 heterocycles. The number of rotatable bonds is 12. The van der Waals surface area contributed by atoms with Gasteiger partial charge in [-0.05, 0) is 63.3 Å². The molecule has 2 fully saturated rings. The van der Waals surface area contributed by atoms with Crippen molar-refractivity contribution in [2.75, 3.05) is 46.3 Å². The van der Waals surface area contributed by atoms with Crippen molar-refractivity contribution in [1.82, 2.24) is 20.4 Å². The van der Waals surface area contributed by atoms with Crippen LogP contribution in [0.1, 0.15) is 81.4 Å². The molecule has 1 saturated heterocycles. The number of Topliss-reactive ketones (excluding diaryl/α,β-unsaturated/α-hetero) is 1. The van der Waals surface area contributed by atoms with Crippen LogP contribution in [0.5, 0.6) is 0 Å². The quantitative estimate of drug-likeness (QED) is 0.0910. The number of aldehydes is 1. The van der Waals surface area contributed by atoms with Gasteiger partial charge in [-0.1, -0.05) is 76.8 Å². The van der Waals surface area contributed by atoms with E-state index in [0.717, 1.165) is 32.2 Å². The molecule has 3 aliphatic rings. The van der Waals surface area contributed by atoms with Crippen LogP contribution in [0.4, 0.5) is 4.39 Å². The van der Waals surface area contributed by atoms with Gasteiger partial charge in [0.25, 0.3) is 5.91 Å². The van der Waals surface area contributed by atoms with Crippen molar-refractivity contribution in [2.24, 2.45) is 34.3 Å². The van der Waals surface area contributed by atoms with E-state index >= 15 is 0 Å². The summed E-state index contributed by atoms with van der Waals surface area (Å²) in [4.78, 5) is 61.7. The van der Waals surface area contributed by atoms with E-state index in [0.29, 0.717) is 66.1 Å². The average Bonchev–Trinajstić information content (AvgIpc) is 3.82. The highest BCUT2D eigenvalue weighted by atomic mass is 19.1. The number of piperazine rings is 1. The van der Waals surface area contributed by atoms with Crippen molar-refractivity contribution < 1.29 is 28.4 Å². The number of allylic oxidation sites excluding steroid dienone is 2. The number of nitrogens with one attached hydrogen (secondary N) is 3. The standard InChI is InChI=1S/C22H25FN4O.C18H28N2O3.C3H6O.C2H4/c1-15(24)17-5-3-4-6-18(17)21(25)14-16-7-8-20(23)19(13-16)22(28)27-11-9-26(2)10-12-27;1-17(2,11-21)18(3,4)16(23)20-8-7-19-15(22)14-10-12-5-6-13(14)9-12;1-3(2)4;1-2/h3-8,13,25H,1,9-12,14,24H2,2H3;5-6,11-14H,7-10H2,1-4H3,(H,19,22)(H,20,23);1-2H3;1-2H2/t;12-,13?,14?;;/m.0../s1. The Hall–Kier alpha value is -5.23. The van der Waals surface area contributed by atoms with E-state index in [1.807, 2.05) is 31.3 Å². The molecule has 310 valence electrons. The molecular formula is C45H63FN6O5. The number of ketones is 1. The number of amides is 3. The molecule has 1 saturated carbocycles. The lowest BCUT2D eigenvalue weighted by atomic mass is 9.68. The first-order chi connectivity index (χ1) is 26.8. The van der Waals surface area contributed by atoms with E-state index < -0.39 is 16.6 Å². The molecule has 0 spiro atoms. The van der Waals surface area contributed by atoms with Gasteiger partial charge < -0.3 is 41.2 Å². The van der Waals surface area contributed by atoms with Gasteiger partial charge in [0.2, 0.25) is 11.8 Å². The van der Waals surface area contributed by atoms with E-state index in [1.54, 1.807) is 44.7 Å². The number of hydrogen-bond acceptors (Lipinski definition) is 8. The van der Waals surface area contributed by atoms with Crippen LogP contribution in [-0.2, 0) is 25.6 Å². The molecule has 2 bridgehead atoms. The third-order valence-electron chi connectivity index (χ3n) is 10.8. The second-order valence-corrected chi connectivity index (χ2v) is 15.9. The third kappa shape index (κ3) is 13.4.